The van der Waals surface area contributed by atoms with Gasteiger partial charge in [-0.25, -0.2) is 0 Å². The second-order valence-electron chi connectivity index (χ2n) is 6.51. The minimum absolute atomic E-state index is 0.0297. The number of amides is 1. The van der Waals surface area contributed by atoms with Crippen molar-refractivity contribution in [2.75, 3.05) is 11.9 Å². The number of rotatable bonds is 7. The van der Waals surface area contributed by atoms with E-state index in [0.717, 1.165) is 10.4 Å². The van der Waals surface area contributed by atoms with E-state index >= 15 is 0 Å². The molecule has 2 N–H and O–H groups in total. The number of thiophene rings is 1. The molecular weight excluding hydrogens is 374 g/mol. The molecule has 7 heteroatoms. The first-order chi connectivity index (χ1) is 13.5. The first-order valence-electron chi connectivity index (χ1n) is 8.83. The van der Waals surface area contributed by atoms with Gasteiger partial charge in [0.05, 0.1) is 17.5 Å². The molecule has 0 saturated heterocycles. The number of nitrogens with one attached hydrogen (secondary N) is 2. The molecule has 3 rings (SSSR count). The summed E-state index contributed by atoms with van der Waals surface area (Å²) in [4.78, 5) is 24.3. The SMILES string of the molecule is Cc1ccc([C@H](NCC(=O)Nc2c(C)cccc2[N+](=O)[O-])c2cccs2)cc1. The van der Waals surface area contributed by atoms with Gasteiger partial charge in [-0.15, -0.1) is 11.3 Å². The van der Waals surface area contributed by atoms with Crippen LogP contribution in [0.2, 0.25) is 0 Å². The molecule has 0 aliphatic heterocycles. The number of para-hydroxylation sites is 1. The van der Waals surface area contributed by atoms with Gasteiger partial charge in [-0.05, 0) is 36.4 Å². The maximum absolute atomic E-state index is 12.5. The van der Waals surface area contributed by atoms with Crippen molar-refractivity contribution in [3.05, 3.63) is 91.7 Å². The number of anilines is 1. The lowest BCUT2D eigenvalue weighted by Crippen LogP contribution is -2.31. The van der Waals surface area contributed by atoms with Crippen LogP contribution in [0.15, 0.2) is 60.0 Å². The number of carbonyl (C=O) groups excluding carboxylic acids is 1. The van der Waals surface area contributed by atoms with Gasteiger partial charge >= 0.3 is 0 Å². The van der Waals surface area contributed by atoms with Gasteiger partial charge < -0.3 is 5.32 Å². The second-order valence-corrected chi connectivity index (χ2v) is 7.49. The lowest BCUT2D eigenvalue weighted by Gasteiger charge is -2.18. The zero-order valence-corrected chi connectivity index (χ0v) is 16.5. The van der Waals surface area contributed by atoms with Gasteiger partial charge in [0.15, 0.2) is 0 Å². The molecule has 0 bridgehead atoms. The Morgan fingerprint density at radius 1 is 1.11 bits per heavy atom. The summed E-state index contributed by atoms with van der Waals surface area (Å²) >= 11 is 1.61. The molecule has 1 atom stereocenters. The highest BCUT2D eigenvalue weighted by Gasteiger charge is 2.20. The van der Waals surface area contributed by atoms with Gasteiger partial charge in [-0.2, -0.15) is 0 Å². The minimum Gasteiger partial charge on any atom is -0.319 e. The number of benzene rings is 2. The quantitative estimate of drug-likeness (QED) is 0.453. The van der Waals surface area contributed by atoms with E-state index in [1.807, 2.05) is 48.7 Å². The third-order valence-corrected chi connectivity index (χ3v) is 5.35. The lowest BCUT2D eigenvalue weighted by molar-refractivity contribution is -0.384. The summed E-state index contributed by atoms with van der Waals surface area (Å²) in [6, 6.07) is 16.7. The van der Waals surface area contributed by atoms with Crippen molar-refractivity contribution in [3.63, 3.8) is 0 Å². The molecule has 1 heterocycles. The van der Waals surface area contributed by atoms with E-state index in [2.05, 4.69) is 10.6 Å². The molecule has 0 aliphatic carbocycles. The molecule has 0 aliphatic rings. The Morgan fingerprint density at radius 3 is 2.50 bits per heavy atom. The molecule has 1 aromatic heterocycles. The van der Waals surface area contributed by atoms with E-state index in [-0.39, 0.29) is 29.9 Å². The van der Waals surface area contributed by atoms with Crippen molar-refractivity contribution < 1.29 is 9.72 Å². The highest BCUT2D eigenvalue weighted by molar-refractivity contribution is 7.10. The van der Waals surface area contributed by atoms with Gasteiger partial charge in [0.2, 0.25) is 5.91 Å². The van der Waals surface area contributed by atoms with E-state index in [0.29, 0.717) is 5.56 Å². The van der Waals surface area contributed by atoms with Gasteiger partial charge in [0, 0.05) is 10.9 Å². The van der Waals surface area contributed by atoms with Crippen molar-refractivity contribution in [3.8, 4) is 0 Å². The monoisotopic (exact) mass is 395 g/mol. The van der Waals surface area contributed by atoms with Gasteiger partial charge in [0.1, 0.15) is 5.69 Å². The number of nitro benzene ring substituents is 1. The molecule has 0 radical (unpaired) electrons. The second kappa shape index (κ2) is 8.77. The Morgan fingerprint density at radius 2 is 1.86 bits per heavy atom. The van der Waals surface area contributed by atoms with Crippen LogP contribution in [-0.4, -0.2) is 17.4 Å². The van der Waals surface area contributed by atoms with Gasteiger partial charge in [-0.3, -0.25) is 20.2 Å². The number of aryl methyl sites for hydroxylation is 2. The minimum atomic E-state index is -0.489. The Hall–Kier alpha value is -3.03. The van der Waals surface area contributed by atoms with Crippen molar-refractivity contribution in [1.82, 2.24) is 5.32 Å². The average molecular weight is 395 g/mol. The Balaban J connectivity index is 1.75. The first-order valence-corrected chi connectivity index (χ1v) is 9.71. The van der Waals surface area contributed by atoms with Crippen molar-refractivity contribution in [1.29, 1.82) is 0 Å². The molecule has 28 heavy (non-hydrogen) atoms. The van der Waals surface area contributed by atoms with Gasteiger partial charge in [-0.1, -0.05) is 48.0 Å². The fraction of sp³-hybridized carbons (Fsp3) is 0.190. The summed E-state index contributed by atoms with van der Waals surface area (Å²) in [7, 11) is 0. The number of hydrogen-bond acceptors (Lipinski definition) is 5. The molecule has 0 unspecified atom stereocenters. The average Bonchev–Trinajstić information content (AvgIpc) is 3.19. The molecule has 6 nitrogen and oxygen atoms in total. The topological polar surface area (TPSA) is 84.3 Å². The summed E-state index contributed by atoms with van der Waals surface area (Å²) in [6.07, 6.45) is 0. The third-order valence-electron chi connectivity index (χ3n) is 4.42. The summed E-state index contributed by atoms with van der Waals surface area (Å²) in [5.41, 5.74) is 3.00. The van der Waals surface area contributed by atoms with E-state index in [1.54, 1.807) is 30.4 Å². The Bertz CT molecular complexity index is 969. The number of hydrogen-bond donors (Lipinski definition) is 2. The largest absolute Gasteiger partial charge is 0.319 e. The lowest BCUT2D eigenvalue weighted by atomic mass is 10.0. The van der Waals surface area contributed by atoms with Crippen LogP contribution in [0.1, 0.15) is 27.6 Å². The number of nitro groups is 1. The van der Waals surface area contributed by atoms with E-state index in [9.17, 15) is 14.9 Å². The van der Waals surface area contributed by atoms with E-state index < -0.39 is 4.92 Å². The Labute approximate surface area is 167 Å². The van der Waals surface area contributed by atoms with E-state index in [4.69, 9.17) is 0 Å². The highest BCUT2D eigenvalue weighted by atomic mass is 32.1. The standard InChI is InChI=1S/C21H21N3O3S/c1-14-8-10-16(11-9-14)21(18-7-4-12-28-18)22-13-19(25)23-20-15(2)5-3-6-17(20)24(26)27/h3-12,21-22H,13H2,1-2H3,(H,23,25)/t21-/m0/s1. The normalized spacial score (nSPS) is 11.8. The Kier molecular flexibility index (Phi) is 6.18. The summed E-state index contributed by atoms with van der Waals surface area (Å²) in [6.45, 7) is 3.79. The van der Waals surface area contributed by atoms with Gasteiger partial charge in [0.25, 0.3) is 5.69 Å². The molecule has 2 aromatic carbocycles. The van der Waals surface area contributed by atoms with Crippen LogP contribution in [0.3, 0.4) is 0 Å². The number of nitrogens with zero attached hydrogens (tertiary/aromatic N) is 1. The van der Waals surface area contributed by atoms with Crippen LogP contribution >= 0.6 is 11.3 Å². The predicted octanol–water partition coefficient (Wildman–Crippen LogP) is 4.59. The molecule has 0 saturated carbocycles. The fourth-order valence-electron chi connectivity index (χ4n) is 2.94. The zero-order chi connectivity index (χ0) is 20.1. The molecule has 3 aromatic rings. The molecule has 0 spiro atoms. The summed E-state index contributed by atoms with van der Waals surface area (Å²) in [5, 5.41) is 19.2. The number of carbonyl (C=O) groups is 1. The molecule has 0 fully saturated rings. The maximum Gasteiger partial charge on any atom is 0.293 e. The fourth-order valence-corrected chi connectivity index (χ4v) is 3.77. The third kappa shape index (κ3) is 4.62. The van der Waals surface area contributed by atoms with Crippen molar-refractivity contribution >= 4 is 28.6 Å². The van der Waals surface area contributed by atoms with Crippen LogP contribution < -0.4 is 10.6 Å². The maximum atomic E-state index is 12.5. The van der Waals surface area contributed by atoms with Crippen LogP contribution in [0.4, 0.5) is 11.4 Å². The predicted molar refractivity (Wildman–Crippen MR) is 112 cm³/mol. The molecule has 144 valence electrons. The summed E-state index contributed by atoms with van der Waals surface area (Å²) < 4.78 is 0. The molecule has 1 amide bonds. The van der Waals surface area contributed by atoms with Crippen LogP contribution in [0, 0.1) is 24.0 Å². The first kappa shape index (κ1) is 19.7. The van der Waals surface area contributed by atoms with Crippen molar-refractivity contribution in [2.45, 2.75) is 19.9 Å². The summed E-state index contributed by atoms with van der Waals surface area (Å²) in [5.74, 6) is -0.328. The highest BCUT2D eigenvalue weighted by Crippen LogP contribution is 2.28. The van der Waals surface area contributed by atoms with E-state index in [1.165, 1.54) is 11.6 Å². The van der Waals surface area contributed by atoms with Crippen molar-refractivity contribution in [2.24, 2.45) is 0 Å². The van der Waals surface area contributed by atoms with Crippen LogP contribution in [0.25, 0.3) is 0 Å². The zero-order valence-electron chi connectivity index (χ0n) is 15.6. The smallest absolute Gasteiger partial charge is 0.293 e. The van der Waals surface area contributed by atoms with Crippen LogP contribution in [0.5, 0.6) is 0 Å². The molecular formula is C21H21N3O3S. The van der Waals surface area contributed by atoms with Crippen LogP contribution in [-0.2, 0) is 4.79 Å².